The number of likely N-dealkylation sites (N-methyl/N-ethyl adjacent to an activating group) is 1. The van der Waals surface area contributed by atoms with Crippen LogP contribution in [0.5, 0.6) is 0 Å². The maximum absolute atomic E-state index is 10.7. The lowest BCUT2D eigenvalue weighted by molar-refractivity contribution is -0.112. The van der Waals surface area contributed by atoms with Crippen molar-refractivity contribution >= 4 is 17.7 Å². The van der Waals surface area contributed by atoms with Crippen LogP contribution in [0.3, 0.4) is 0 Å². The van der Waals surface area contributed by atoms with E-state index in [2.05, 4.69) is 12.6 Å². The summed E-state index contributed by atoms with van der Waals surface area (Å²) < 4.78 is 10.6. The lowest BCUT2D eigenvalue weighted by Crippen LogP contribution is -2.33. The summed E-state index contributed by atoms with van der Waals surface area (Å²) in [5.74, 6) is 0. The third-order valence-corrected chi connectivity index (χ3v) is 2.13. The predicted octanol–water partition coefficient (Wildman–Crippen LogP) is 0.815. The molecule has 0 aliphatic rings. The molecule has 0 aromatic rings. The molecule has 0 saturated heterocycles. The van der Waals surface area contributed by atoms with Gasteiger partial charge in [-0.2, -0.15) is 0 Å². The minimum absolute atomic E-state index is 0.0836. The fraction of sp³-hybridized carbons (Fsp3) is 0.900. The normalized spacial score (nSPS) is 15.3. The Hall–Kier alpha value is -0.100. The van der Waals surface area contributed by atoms with Crippen LogP contribution in [0.2, 0.25) is 0 Å². The van der Waals surface area contributed by atoms with E-state index >= 15 is 0 Å². The molecule has 1 unspecified atom stereocenters. The monoisotopic (exact) mass is 235 g/mol. The molecule has 5 heteroatoms. The molecule has 15 heavy (non-hydrogen) atoms. The maximum atomic E-state index is 10.7. The smallest absolute Gasteiger partial charge is 0.199 e. The van der Waals surface area contributed by atoms with Gasteiger partial charge >= 0.3 is 0 Å². The molecular weight excluding hydrogens is 214 g/mol. The highest BCUT2D eigenvalue weighted by molar-refractivity contribution is 7.96. The summed E-state index contributed by atoms with van der Waals surface area (Å²) in [7, 11) is 3.53. The van der Waals surface area contributed by atoms with Crippen LogP contribution in [0.15, 0.2) is 0 Å². The minimum Gasteiger partial charge on any atom is -0.379 e. The van der Waals surface area contributed by atoms with Gasteiger partial charge in [0, 0.05) is 13.7 Å². The Bertz CT molecular complexity index is 190. The van der Waals surface area contributed by atoms with Crippen LogP contribution in [0.25, 0.3) is 0 Å². The second-order valence-electron chi connectivity index (χ2n) is 3.78. The van der Waals surface area contributed by atoms with E-state index in [0.29, 0.717) is 19.7 Å². The molecule has 0 N–H and O–H groups in total. The lowest BCUT2D eigenvalue weighted by Gasteiger charge is -2.21. The van der Waals surface area contributed by atoms with Crippen LogP contribution in [0, 0.1) is 0 Å². The van der Waals surface area contributed by atoms with Crippen molar-refractivity contribution in [2.75, 3.05) is 33.9 Å². The number of carbonyl (C=O) groups excluding carboxylic acids is 1. The Morgan fingerprint density at radius 2 is 2.00 bits per heavy atom. The summed E-state index contributed by atoms with van der Waals surface area (Å²) in [5.41, 5.74) is 0. The molecule has 0 spiro atoms. The van der Waals surface area contributed by atoms with Gasteiger partial charge in [0.1, 0.15) is 0 Å². The summed E-state index contributed by atoms with van der Waals surface area (Å²) in [4.78, 5) is 12.6. The van der Waals surface area contributed by atoms with Gasteiger partial charge in [0.05, 0.1) is 25.4 Å². The number of thiol groups is 1. The molecule has 2 atom stereocenters. The van der Waals surface area contributed by atoms with Crippen LogP contribution < -0.4 is 0 Å². The first-order valence-corrected chi connectivity index (χ1v) is 5.45. The van der Waals surface area contributed by atoms with Crippen LogP contribution in [-0.2, 0) is 14.3 Å². The van der Waals surface area contributed by atoms with E-state index in [1.54, 1.807) is 7.11 Å². The van der Waals surface area contributed by atoms with Gasteiger partial charge in [0.25, 0.3) is 0 Å². The van der Waals surface area contributed by atoms with E-state index in [1.165, 1.54) is 0 Å². The Morgan fingerprint density at radius 1 is 1.40 bits per heavy atom. The highest BCUT2D eigenvalue weighted by Gasteiger charge is 2.10. The fourth-order valence-corrected chi connectivity index (χ4v) is 1.40. The molecular formula is C10H21NO3S. The van der Waals surface area contributed by atoms with E-state index in [4.69, 9.17) is 9.47 Å². The highest BCUT2D eigenvalue weighted by Crippen LogP contribution is 1.98. The largest absolute Gasteiger partial charge is 0.379 e. The van der Waals surface area contributed by atoms with E-state index in [1.807, 2.05) is 25.8 Å². The van der Waals surface area contributed by atoms with Gasteiger partial charge in [0.15, 0.2) is 5.12 Å². The summed E-state index contributed by atoms with van der Waals surface area (Å²) in [6.45, 7) is 5.55. The standard InChI is InChI=1S/C10H21NO3S/c1-8(14-7-9(2)13-4)5-11(3)6-10(12)15/h8-9H,5-7H2,1-4H3,(H,12,15)/t8-,9?/m1/s1. The number of methoxy groups -OCH3 is 1. The van der Waals surface area contributed by atoms with Crippen molar-refractivity contribution < 1.29 is 14.3 Å². The topological polar surface area (TPSA) is 38.8 Å². The van der Waals surface area contributed by atoms with E-state index < -0.39 is 0 Å². The van der Waals surface area contributed by atoms with Gasteiger partial charge in [-0.1, -0.05) is 0 Å². The van der Waals surface area contributed by atoms with E-state index in [9.17, 15) is 4.79 Å². The average Bonchev–Trinajstić information content (AvgIpc) is 2.12. The van der Waals surface area contributed by atoms with Crippen molar-refractivity contribution in [3.63, 3.8) is 0 Å². The lowest BCUT2D eigenvalue weighted by atomic mass is 10.3. The first-order valence-electron chi connectivity index (χ1n) is 5.00. The Labute approximate surface area is 97.3 Å². The van der Waals surface area contributed by atoms with Gasteiger partial charge in [-0.05, 0) is 20.9 Å². The van der Waals surface area contributed by atoms with Crippen molar-refractivity contribution in [3.8, 4) is 0 Å². The number of carbonyl (C=O) groups is 1. The molecule has 0 heterocycles. The highest BCUT2D eigenvalue weighted by atomic mass is 32.1. The molecule has 0 bridgehead atoms. The van der Waals surface area contributed by atoms with Crippen molar-refractivity contribution in [1.29, 1.82) is 0 Å². The quantitative estimate of drug-likeness (QED) is 0.632. The molecule has 0 amide bonds. The summed E-state index contributed by atoms with van der Waals surface area (Å²) in [5, 5.41) is -0.130. The third-order valence-electron chi connectivity index (χ3n) is 1.99. The van der Waals surface area contributed by atoms with Crippen LogP contribution >= 0.6 is 12.6 Å². The van der Waals surface area contributed by atoms with Gasteiger partial charge in [-0.15, -0.1) is 12.6 Å². The number of nitrogens with zero attached hydrogens (tertiary/aromatic N) is 1. The van der Waals surface area contributed by atoms with E-state index in [-0.39, 0.29) is 17.3 Å². The minimum atomic E-state index is -0.130. The average molecular weight is 235 g/mol. The van der Waals surface area contributed by atoms with Crippen molar-refractivity contribution in [3.05, 3.63) is 0 Å². The SMILES string of the molecule is COC(C)CO[C@H](C)CN(C)CC(=O)S. The number of hydrogen-bond donors (Lipinski definition) is 1. The van der Waals surface area contributed by atoms with Gasteiger partial charge < -0.3 is 9.47 Å². The molecule has 0 radical (unpaired) electrons. The van der Waals surface area contributed by atoms with Gasteiger partial charge in [-0.25, -0.2) is 0 Å². The molecule has 0 aliphatic carbocycles. The molecule has 90 valence electrons. The molecule has 0 aromatic heterocycles. The summed E-state index contributed by atoms with van der Waals surface area (Å²) in [6.07, 6.45) is 0.185. The van der Waals surface area contributed by atoms with Crippen molar-refractivity contribution in [2.45, 2.75) is 26.1 Å². The second kappa shape index (κ2) is 8.10. The maximum Gasteiger partial charge on any atom is 0.199 e. The number of rotatable bonds is 8. The predicted molar refractivity (Wildman–Crippen MR) is 63.4 cm³/mol. The Kier molecular flexibility index (Phi) is 8.04. The second-order valence-corrected chi connectivity index (χ2v) is 4.28. The third kappa shape index (κ3) is 8.87. The molecule has 0 fully saturated rings. The van der Waals surface area contributed by atoms with Crippen LogP contribution in [0.4, 0.5) is 0 Å². The Morgan fingerprint density at radius 3 is 2.47 bits per heavy atom. The van der Waals surface area contributed by atoms with Crippen molar-refractivity contribution in [2.24, 2.45) is 0 Å². The first-order chi connectivity index (χ1) is 6.95. The van der Waals surface area contributed by atoms with Gasteiger partial charge in [0.2, 0.25) is 0 Å². The zero-order chi connectivity index (χ0) is 11.8. The number of hydrogen-bond acceptors (Lipinski definition) is 4. The first kappa shape index (κ1) is 14.9. The van der Waals surface area contributed by atoms with Crippen LogP contribution in [0.1, 0.15) is 13.8 Å². The van der Waals surface area contributed by atoms with Crippen LogP contribution in [-0.4, -0.2) is 56.1 Å². The summed E-state index contributed by atoms with van der Waals surface area (Å²) >= 11 is 3.72. The summed E-state index contributed by atoms with van der Waals surface area (Å²) in [6, 6.07) is 0. The Balaban J connectivity index is 3.63. The number of ether oxygens (including phenoxy) is 2. The molecule has 0 aromatic carbocycles. The molecule has 0 aliphatic heterocycles. The zero-order valence-corrected chi connectivity index (χ0v) is 10.8. The molecule has 0 rings (SSSR count). The zero-order valence-electron chi connectivity index (χ0n) is 9.90. The fourth-order valence-electron chi connectivity index (χ4n) is 1.15. The molecule has 4 nitrogen and oxygen atoms in total. The van der Waals surface area contributed by atoms with Crippen molar-refractivity contribution in [1.82, 2.24) is 4.90 Å². The van der Waals surface area contributed by atoms with E-state index in [0.717, 1.165) is 0 Å². The van der Waals surface area contributed by atoms with Gasteiger partial charge in [-0.3, -0.25) is 9.69 Å². The molecule has 0 saturated carbocycles.